The van der Waals surface area contributed by atoms with Crippen molar-refractivity contribution in [2.45, 2.75) is 26.8 Å². The van der Waals surface area contributed by atoms with Crippen LogP contribution in [0.1, 0.15) is 19.2 Å². The van der Waals surface area contributed by atoms with Crippen molar-refractivity contribution in [3.8, 4) is 0 Å². The second-order valence-corrected chi connectivity index (χ2v) is 8.08. The molecule has 2 aromatic rings. The van der Waals surface area contributed by atoms with Crippen molar-refractivity contribution in [2.24, 2.45) is 0 Å². The van der Waals surface area contributed by atoms with Crippen LogP contribution in [0.5, 0.6) is 0 Å². The highest BCUT2D eigenvalue weighted by molar-refractivity contribution is 5.78. The molecule has 4 rings (SSSR count). The summed E-state index contributed by atoms with van der Waals surface area (Å²) in [6.07, 6.45) is 4.45. The van der Waals surface area contributed by atoms with Crippen LogP contribution in [0, 0.1) is 6.92 Å². The lowest BCUT2D eigenvalue weighted by Crippen LogP contribution is -2.49. The number of nitrogens with zero attached hydrogens (tertiary/aromatic N) is 4. The van der Waals surface area contributed by atoms with Gasteiger partial charge in [-0.15, -0.1) is 0 Å². The molecule has 0 N–H and O–H groups in total. The maximum Gasteiger partial charge on any atom is 0.231 e. The Morgan fingerprint density at radius 3 is 2.71 bits per heavy atom. The van der Waals surface area contributed by atoms with Gasteiger partial charge in [0.25, 0.3) is 0 Å². The quantitative estimate of drug-likeness (QED) is 0.715. The Bertz CT molecular complexity index is 1030. The SMILES string of the molecule is C=C1OCO/C1=C/C=C(\C)CN1CCN(C(=O)CCn2c(C)nc3ccccc32)CC1. The molecule has 164 valence electrons. The van der Waals surface area contributed by atoms with Crippen molar-refractivity contribution in [3.63, 3.8) is 0 Å². The molecule has 31 heavy (non-hydrogen) atoms. The van der Waals surface area contributed by atoms with Gasteiger partial charge in [0, 0.05) is 45.7 Å². The third kappa shape index (κ3) is 4.99. The van der Waals surface area contributed by atoms with Crippen LogP contribution in [0.15, 0.2) is 60.1 Å². The third-order valence-electron chi connectivity index (χ3n) is 5.83. The molecule has 7 nitrogen and oxygen atoms in total. The second-order valence-electron chi connectivity index (χ2n) is 8.08. The predicted octanol–water partition coefficient (Wildman–Crippen LogP) is 3.23. The van der Waals surface area contributed by atoms with E-state index in [1.54, 1.807) is 0 Å². The van der Waals surface area contributed by atoms with E-state index in [2.05, 4.69) is 34.0 Å². The highest BCUT2D eigenvalue weighted by Gasteiger charge is 2.21. The Morgan fingerprint density at radius 2 is 1.97 bits per heavy atom. The number of aromatic nitrogens is 2. The maximum atomic E-state index is 12.8. The van der Waals surface area contributed by atoms with Crippen LogP contribution >= 0.6 is 0 Å². The number of amides is 1. The number of hydrogen-bond donors (Lipinski definition) is 0. The molecule has 0 saturated carbocycles. The molecule has 1 amide bonds. The molecule has 0 atom stereocenters. The van der Waals surface area contributed by atoms with Crippen molar-refractivity contribution in [2.75, 3.05) is 39.5 Å². The van der Waals surface area contributed by atoms with Crippen LogP contribution in [-0.4, -0.2) is 64.8 Å². The van der Waals surface area contributed by atoms with E-state index in [0.717, 1.165) is 49.6 Å². The van der Waals surface area contributed by atoms with Gasteiger partial charge in [-0.25, -0.2) is 4.98 Å². The first-order valence-corrected chi connectivity index (χ1v) is 10.8. The minimum atomic E-state index is 0.214. The number of imidazole rings is 1. The zero-order valence-electron chi connectivity index (χ0n) is 18.3. The van der Waals surface area contributed by atoms with Gasteiger partial charge in [-0.3, -0.25) is 9.69 Å². The first-order chi connectivity index (χ1) is 15.0. The van der Waals surface area contributed by atoms with Crippen molar-refractivity contribution < 1.29 is 14.3 Å². The molecular formula is C24H30N4O3. The van der Waals surface area contributed by atoms with E-state index >= 15 is 0 Å². The molecule has 1 aromatic heterocycles. The van der Waals surface area contributed by atoms with Crippen LogP contribution < -0.4 is 0 Å². The lowest BCUT2D eigenvalue weighted by molar-refractivity contribution is -0.133. The molecule has 1 aromatic carbocycles. The van der Waals surface area contributed by atoms with Gasteiger partial charge in [-0.05, 0) is 32.1 Å². The van der Waals surface area contributed by atoms with E-state index in [-0.39, 0.29) is 12.7 Å². The van der Waals surface area contributed by atoms with Crippen molar-refractivity contribution in [1.29, 1.82) is 0 Å². The Kier molecular flexibility index (Phi) is 6.42. The Hall–Kier alpha value is -3.06. The zero-order chi connectivity index (χ0) is 21.8. The normalized spacial score (nSPS) is 19.2. The van der Waals surface area contributed by atoms with Crippen molar-refractivity contribution in [3.05, 3.63) is 65.9 Å². The fourth-order valence-electron chi connectivity index (χ4n) is 4.08. The fourth-order valence-corrected chi connectivity index (χ4v) is 4.08. The average molecular weight is 423 g/mol. The first kappa shape index (κ1) is 21.2. The number of allylic oxidation sites excluding steroid dienone is 2. The summed E-state index contributed by atoms with van der Waals surface area (Å²) in [4.78, 5) is 21.7. The smallest absolute Gasteiger partial charge is 0.231 e. The molecule has 0 bridgehead atoms. The maximum absolute atomic E-state index is 12.8. The van der Waals surface area contributed by atoms with Crippen LogP contribution in [0.4, 0.5) is 0 Å². The van der Waals surface area contributed by atoms with Gasteiger partial charge in [-0.1, -0.05) is 30.4 Å². The van der Waals surface area contributed by atoms with E-state index < -0.39 is 0 Å². The third-order valence-corrected chi connectivity index (χ3v) is 5.83. The van der Waals surface area contributed by atoms with Gasteiger partial charge in [0.1, 0.15) is 5.82 Å². The molecule has 3 heterocycles. The minimum absolute atomic E-state index is 0.214. The molecule has 2 saturated heterocycles. The summed E-state index contributed by atoms with van der Waals surface area (Å²) >= 11 is 0. The summed E-state index contributed by atoms with van der Waals surface area (Å²) < 4.78 is 12.7. The first-order valence-electron chi connectivity index (χ1n) is 10.8. The monoisotopic (exact) mass is 422 g/mol. The predicted molar refractivity (Wildman–Crippen MR) is 120 cm³/mol. The van der Waals surface area contributed by atoms with Crippen molar-refractivity contribution >= 4 is 16.9 Å². The molecule has 0 spiro atoms. The summed E-state index contributed by atoms with van der Waals surface area (Å²) in [6, 6.07) is 8.08. The lowest BCUT2D eigenvalue weighted by Gasteiger charge is -2.35. The Labute approximate surface area is 183 Å². The summed E-state index contributed by atoms with van der Waals surface area (Å²) in [7, 11) is 0. The van der Waals surface area contributed by atoms with Crippen LogP contribution in [0.3, 0.4) is 0 Å². The number of rotatable bonds is 6. The number of para-hydroxylation sites is 2. The molecule has 2 fully saturated rings. The highest BCUT2D eigenvalue weighted by Crippen LogP contribution is 2.19. The molecule has 2 aliphatic rings. The average Bonchev–Trinajstić information content (AvgIpc) is 3.32. The van der Waals surface area contributed by atoms with Gasteiger partial charge in [0.15, 0.2) is 11.5 Å². The van der Waals surface area contributed by atoms with Gasteiger partial charge in [0.05, 0.1) is 11.0 Å². The molecule has 0 aliphatic carbocycles. The molecule has 0 radical (unpaired) electrons. The topological polar surface area (TPSA) is 59.8 Å². The van der Waals surface area contributed by atoms with E-state index in [1.165, 1.54) is 5.57 Å². The highest BCUT2D eigenvalue weighted by atomic mass is 16.7. The van der Waals surface area contributed by atoms with Crippen LogP contribution in [0.2, 0.25) is 0 Å². The summed E-state index contributed by atoms with van der Waals surface area (Å²) in [5, 5.41) is 0. The van der Waals surface area contributed by atoms with Crippen LogP contribution in [-0.2, 0) is 20.8 Å². The lowest BCUT2D eigenvalue weighted by atomic mass is 10.2. The molecule has 2 aliphatic heterocycles. The van der Waals surface area contributed by atoms with E-state index in [1.807, 2.05) is 42.2 Å². The number of aryl methyl sites for hydroxylation is 2. The number of carbonyl (C=O) groups excluding carboxylic acids is 1. The van der Waals surface area contributed by atoms with Crippen LogP contribution in [0.25, 0.3) is 11.0 Å². The number of piperazine rings is 1. The van der Waals surface area contributed by atoms with Gasteiger partial charge >= 0.3 is 0 Å². The van der Waals surface area contributed by atoms with E-state index in [9.17, 15) is 4.79 Å². The number of ether oxygens (including phenoxy) is 2. The zero-order valence-corrected chi connectivity index (χ0v) is 18.3. The van der Waals surface area contributed by atoms with E-state index in [4.69, 9.17) is 9.47 Å². The number of carbonyl (C=O) groups is 1. The number of fused-ring (bicyclic) bond motifs is 1. The molecule has 7 heteroatoms. The van der Waals surface area contributed by atoms with Gasteiger partial charge < -0.3 is 18.9 Å². The molecular weight excluding hydrogens is 392 g/mol. The second kappa shape index (κ2) is 9.39. The number of hydrogen-bond acceptors (Lipinski definition) is 5. The van der Waals surface area contributed by atoms with E-state index in [0.29, 0.717) is 24.5 Å². The van der Waals surface area contributed by atoms with Crippen molar-refractivity contribution in [1.82, 2.24) is 19.4 Å². The largest absolute Gasteiger partial charge is 0.454 e. The summed E-state index contributed by atoms with van der Waals surface area (Å²) in [6.45, 7) is 13.0. The summed E-state index contributed by atoms with van der Waals surface area (Å²) in [5.41, 5.74) is 3.31. The fraction of sp³-hybridized carbons (Fsp3) is 0.417. The Balaban J connectivity index is 1.25. The molecule has 0 unspecified atom stereocenters. The number of benzene rings is 1. The Morgan fingerprint density at radius 1 is 1.19 bits per heavy atom. The summed E-state index contributed by atoms with van der Waals surface area (Å²) in [5.74, 6) is 2.44. The minimum Gasteiger partial charge on any atom is -0.454 e. The standard InChI is InChI=1S/C24H30N4O3/c1-18(8-9-23-19(2)30-17-31-23)16-26-12-14-27(15-13-26)24(29)10-11-28-20(3)25-21-6-4-5-7-22(21)28/h4-9H,2,10-17H2,1,3H3/b18-8+,23-9+. The van der Waals surface area contributed by atoms with Gasteiger partial charge in [0.2, 0.25) is 12.7 Å². The van der Waals surface area contributed by atoms with Gasteiger partial charge in [-0.2, -0.15) is 0 Å².